The smallest absolute Gasteiger partial charge is 0.246 e. The third kappa shape index (κ3) is 3.70. The summed E-state index contributed by atoms with van der Waals surface area (Å²) in [6, 6.07) is 14.5. The molecule has 2 aromatic rings. The molecule has 2 aliphatic carbocycles. The summed E-state index contributed by atoms with van der Waals surface area (Å²) in [5.41, 5.74) is 3.30. The van der Waals surface area contributed by atoms with Gasteiger partial charge in [0.25, 0.3) is 0 Å². The Labute approximate surface area is 226 Å². The van der Waals surface area contributed by atoms with Crippen LogP contribution in [0.15, 0.2) is 61.2 Å². The molecule has 6 rings (SSSR count). The van der Waals surface area contributed by atoms with Crippen LogP contribution >= 0.6 is 0 Å². The Balaban J connectivity index is 1.40. The molecule has 2 bridgehead atoms. The van der Waals surface area contributed by atoms with Crippen LogP contribution in [0.1, 0.15) is 55.4 Å². The molecule has 4 aliphatic rings. The molecule has 1 saturated heterocycles. The summed E-state index contributed by atoms with van der Waals surface area (Å²) < 4.78 is 6.83. The lowest BCUT2D eigenvalue weighted by Crippen LogP contribution is -2.78. The average molecular weight is 513 g/mol. The van der Waals surface area contributed by atoms with E-state index in [1.165, 1.54) is 16.7 Å². The van der Waals surface area contributed by atoms with Gasteiger partial charge in [0.1, 0.15) is 11.9 Å². The maximum atomic E-state index is 13.8. The Morgan fingerprint density at radius 2 is 2.08 bits per heavy atom. The topological polar surface area (TPSA) is 53.0 Å². The number of nitrogens with zero attached hydrogens (tertiary/aromatic N) is 2. The zero-order valence-electron chi connectivity index (χ0n) is 22.9. The lowest BCUT2D eigenvalue weighted by atomic mass is 9.48. The molecule has 200 valence electrons. The van der Waals surface area contributed by atoms with Gasteiger partial charge < -0.3 is 14.7 Å². The first-order valence-electron chi connectivity index (χ1n) is 14.2. The maximum absolute atomic E-state index is 13.8. The number of hydrogen-bond acceptors (Lipinski definition) is 4. The summed E-state index contributed by atoms with van der Waals surface area (Å²) in [5, 5.41) is 12.6. The first-order chi connectivity index (χ1) is 18.3. The highest BCUT2D eigenvalue weighted by Gasteiger charge is 2.73. The summed E-state index contributed by atoms with van der Waals surface area (Å²) in [7, 11) is 0. The number of likely N-dealkylation sites (tertiary alicyclic amines) is 1. The van der Waals surface area contributed by atoms with Crippen molar-refractivity contribution in [2.75, 3.05) is 19.6 Å². The number of carbonyl (C=O) groups is 1. The number of aryl methyl sites for hydroxylation is 1. The second-order valence-corrected chi connectivity index (χ2v) is 12.2. The molecule has 2 aromatic carbocycles. The molecule has 1 saturated carbocycles. The number of ether oxygens (including phenoxy) is 1. The molecule has 0 radical (unpaired) electrons. The van der Waals surface area contributed by atoms with Crippen LogP contribution in [0.2, 0.25) is 0 Å². The Bertz CT molecular complexity index is 1280. The first-order valence-corrected chi connectivity index (χ1v) is 14.2. The number of carbonyl (C=O) groups excluding carboxylic acids is 1. The Hall–Kier alpha value is -2.89. The summed E-state index contributed by atoms with van der Waals surface area (Å²) in [4.78, 5) is 18.3. The van der Waals surface area contributed by atoms with Crippen LogP contribution in [0, 0.1) is 12.8 Å². The zero-order chi connectivity index (χ0) is 26.7. The first kappa shape index (κ1) is 25.4. The van der Waals surface area contributed by atoms with Crippen LogP contribution in [0.5, 0.6) is 5.75 Å². The number of piperidine rings is 1. The largest absolute Gasteiger partial charge is 0.487 e. The second-order valence-electron chi connectivity index (χ2n) is 12.2. The summed E-state index contributed by atoms with van der Waals surface area (Å²) in [6.07, 6.45) is 8.36. The molecule has 1 amide bonds. The van der Waals surface area contributed by atoms with Crippen molar-refractivity contribution < 1.29 is 14.6 Å². The quantitative estimate of drug-likeness (QED) is 0.424. The van der Waals surface area contributed by atoms with Crippen LogP contribution < -0.4 is 4.74 Å². The van der Waals surface area contributed by atoms with Gasteiger partial charge in [0, 0.05) is 30.8 Å². The van der Waals surface area contributed by atoms with Gasteiger partial charge in [-0.25, -0.2) is 0 Å². The van der Waals surface area contributed by atoms with E-state index >= 15 is 0 Å². The number of benzene rings is 2. The average Bonchev–Trinajstić information content (AvgIpc) is 3.23. The van der Waals surface area contributed by atoms with Crippen molar-refractivity contribution in [1.82, 2.24) is 9.80 Å². The van der Waals surface area contributed by atoms with Crippen LogP contribution in [-0.2, 0) is 16.6 Å². The van der Waals surface area contributed by atoms with Gasteiger partial charge in [-0.2, -0.15) is 0 Å². The van der Waals surface area contributed by atoms with Crippen molar-refractivity contribution in [3.05, 3.63) is 83.4 Å². The SMILES string of the molecule is C=CCN1CC[C@]23c4c5cccc4O[C@H]2[C@@H](N(CC(C)C)C(=O)C=Cc2cccc(C)c2)CC[C@@]3(O)[C@H]1C5. The molecule has 5 heteroatoms. The highest BCUT2D eigenvalue weighted by Crippen LogP contribution is 2.64. The third-order valence-electron chi connectivity index (χ3n) is 9.51. The normalized spacial score (nSPS) is 31.2. The lowest BCUT2D eigenvalue weighted by molar-refractivity contribution is -0.199. The van der Waals surface area contributed by atoms with E-state index in [2.05, 4.69) is 62.6 Å². The zero-order valence-corrected chi connectivity index (χ0v) is 22.9. The van der Waals surface area contributed by atoms with E-state index in [1.54, 1.807) is 6.08 Å². The number of rotatable bonds is 7. The van der Waals surface area contributed by atoms with E-state index in [-0.39, 0.29) is 24.1 Å². The van der Waals surface area contributed by atoms with Gasteiger partial charge in [-0.3, -0.25) is 9.69 Å². The molecule has 5 nitrogen and oxygen atoms in total. The van der Waals surface area contributed by atoms with Gasteiger partial charge >= 0.3 is 0 Å². The third-order valence-corrected chi connectivity index (χ3v) is 9.51. The van der Waals surface area contributed by atoms with E-state index in [4.69, 9.17) is 4.74 Å². The molecule has 0 aromatic heterocycles. The Morgan fingerprint density at radius 3 is 2.84 bits per heavy atom. The van der Waals surface area contributed by atoms with Gasteiger partial charge in [0.15, 0.2) is 0 Å². The van der Waals surface area contributed by atoms with Crippen molar-refractivity contribution in [3.8, 4) is 5.75 Å². The van der Waals surface area contributed by atoms with Crippen molar-refractivity contribution in [3.63, 3.8) is 0 Å². The second kappa shape index (κ2) is 9.39. The van der Waals surface area contributed by atoms with Crippen LogP contribution in [0.3, 0.4) is 0 Å². The van der Waals surface area contributed by atoms with E-state index < -0.39 is 11.0 Å². The molecule has 0 unspecified atom stereocenters. The number of hydrogen-bond donors (Lipinski definition) is 1. The van der Waals surface area contributed by atoms with Gasteiger partial charge in [0.2, 0.25) is 5.91 Å². The maximum Gasteiger partial charge on any atom is 0.246 e. The summed E-state index contributed by atoms with van der Waals surface area (Å²) in [5.74, 6) is 1.24. The highest BCUT2D eigenvalue weighted by molar-refractivity contribution is 5.92. The van der Waals surface area contributed by atoms with E-state index in [0.29, 0.717) is 18.9 Å². The Kier molecular flexibility index (Phi) is 6.27. The minimum Gasteiger partial charge on any atom is -0.487 e. The monoisotopic (exact) mass is 512 g/mol. The van der Waals surface area contributed by atoms with Crippen molar-refractivity contribution in [2.24, 2.45) is 5.92 Å². The van der Waals surface area contributed by atoms with Gasteiger partial charge in [-0.05, 0) is 68.3 Å². The number of aliphatic hydroxyl groups is 1. The lowest BCUT2D eigenvalue weighted by Gasteiger charge is -2.64. The van der Waals surface area contributed by atoms with Crippen LogP contribution in [0.25, 0.3) is 6.08 Å². The molecule has 2 heterocycles. The van der Waals surface area contributed by atoms with Gasteiger partial charge in [-0.15, -0.1) is 6.58 Å². The predicted molar refractivity (Wildman–Crippen MR) is 151 cm³/mol. The van der Waals surface area contributed by atoms with Crippen molar-refractivity contribution in [2.45, 2.75) is 75.7 Å². The van der Waals surface area contributed by atoms with Crippen molar-refractivity contribution >= 4 is 12.0 Å². The van der Waals surface area contributed by atoms with Crippen LogP contribution in [-0.4, -0.2) is 64.2 Å². The molecule has 2 fully saturated rings. The summed E-state index contributed by atoms with van der Waals surface area (Å²) >= 11 is 0. The fraction of sp³-hybridized carbons (Fsp3) is 0.485. The minimum absolute atomic E-state index is 0.0169. The van der Waals surface area contributed by atoms with Crippen molar-refractivity contribution in [1.29, 1.82) is 0 Å². The fourth-order valence-corrected chi connectivity index (χ4v) is 8.10. The van der Waals surface area contributed by atoms with E-state index in [1.807, 2.05) is 29.2 Å². The fourth-order valence-electron chi connectivity index (χ4n) is 8.10. The standard InChI is InChI=1S/C33H40N2O3/c1-5-17-34-18-16-32-30-25-10-7-11-27(30)38-31(32)26(14-15-33(32,37)28(34)20-25)35(21-22(2)3)29(36)13-12-24-9-6-8-23(4)19-24/h5-13,19,22,26,28,31,37H,1,14-18,20-21H2,2-4H3/t26-,28+,31-,32-,33+/m0/s1. The molecule has 2 aliphatic heterocycles. The van der Waals surface area contributed by atoms with Crippen LogP contribution in [0.4, 0.5) is 0 Å². The molecule has 1 spiro atoms. The molecular weight excluding hydrogens is 472 g/mol. The summed E-state index contributed by atoms with van der Waals surface area (Å²) in [6.45, 7) is 12.7. The molecule has 5 atom stereocenters. The Morgan fingerprint density at radius 1 is 1.26 bits per heavy atom. The molecule has 38 heavy (non-hydrogen) atoms. The van der Waals surface area contributed by atoms with Gasteiger partial charge in [-0.1, -0.05) is 61.9 Å². The van der Waals surface area contributed by atoms with E-state index in [9.17, 15) is 9.90 Å². The highest BCUT2D eigenvalue weighted by atomic mass is 16.5. The molecule has 1 N–H and O–H groups in total. The van der Waals surface area contributed by atoms with E-state index in [0.717, 1.165) is 43.7 Å². The molecular formula is C33H40N2O3. The minimum atomic E-state index is -0.890. The van der Waals surface area contributed by atoms with Gasteiger partial charge in [0.05, 0.1) is 17.1 Å². The number of amides is 1. The predicted octanol–water partition coefficient (Wildman–Crippen LogP) is 4.90.